The van der Waals surface area contributed by atoms with Gasteiger partial charge in [0.15, 0.2) is 16.4 Å². The van der Waals surface area contributed by atoms with Crippen LogP contribution >= 0.6 is 11.3 Å². The normalized spacial score (nSPS) is 13.6. The maximum absolute atomic E-state index is 12.6. The smallest absolute Gasteiger partial charge is 0.262 e. The second kappa shape index (κ2) is 6.79. The number of anilines is 1. The van der Waals surface area contributed by atoms with Crippen molar-refractivity contribution in [3.05, 3.63) is 58.4 Å². The van der Waals surface area contributed by atoms with Crippen molar-refractivity contribution < 1.29 is 17.9 Å². The van der Waals surface area contributed by atoms with Gasteiger partial charge in [0, 0.05) is 10.9 Å². The van der Waals surface area contributed by atoms with Crippen LogP contribution in [0.3, 0.4) is 0 Å². The number of carbonyl (C=O) groups is 1. The van der Waals surface area contributed by atoms with Crippen LogP contribution in [0.5, 0.6) is 5.75 Å². The van der Waals surface area contributed by atoms with Crippen LogP contribution in [0.15, 0.2) is 52.7 Å². The quantitative estimate of drug-likeness (QED) is 0.725. The first kappa shape index (κ1) is 17.7. The summed E-state index contributed by atoms with van der Waals surface area (Å²) in [6, 6.07) is 12.2. The van der Waals surface area contributed by atoms with Gasteiger partial charge in [-0.2, -0.15) is 0 Å². The Morgan fingerprint density at radius 1 is 1.19 bits per heavy atom. The third-order valence-corrected chi connectivity index (χ3v) is 6.83. The molecule has 138 valence electrons. The molecule has 0 fully saturated rings. The largest absolute Gasteiger partial charge is 0.482 e. The molecule has 3 aromatic rings. The molecule has 1 amide bonds. The highest BCUT2D eigenvalue weighted by molar-refractivity contribution is 7.90. The number of ether oxygens (including phenoxy) is 1. The van der Waals surface area contributed by atoms with E-state index in [-0.39, 0.29) is 18.3 Å². The van der Waals surface area contributed by atoms with Crippen molar-refractivity contribution in [1.29, 1.82) is 0 Å². The number of nitrogens with zero attached hydrogens (tertiary/aromatic N) is 1. The van der Waals surface area contributed by atoms with Gasteiger partial charge in [-0.3, -0.25) is 4.79 Å². The second-order valence-corrected chi connectivity index (χ2v) is 9.18. The summed E-state index contributed by atoms with van der Waals surface area (Å²) in [7, 11) is -3.45. The molecule has 0 unspecified atom stereocenters. The maximum atomic E-state index is 12.6. The fourth-order valence-corrected chi connectivity index (χ4v) is 5.18. The molecule has 1 aliphatic rings. The molecule has 2 aromatic carbocycles. The van der Waals surface area contributed by atoms with Gasteiger partial charge in [0.1, 0.15) is 16.5 Å². The Labute approximate surface area is 160 Å². The molecule has 0 bridgehead atoms. The molecule has 1 aliphatic heterocycles. The van der Waals surface area contributed by atoms with Gasteiger partial charge in [-0.05, 0) is 37.3 Å². The number of sulfone groups is 1. The summed E-state index contributed by atoms with van der Waals surface area (Å²) in [6.45, 7) is 1.92. The first-order chi connectivity index (χ1) is 12.9. The molecule has 6 nitrogen and oxygen atoms in total. The van der Waals surface area contributed by atoms with E-state index in [0.717, 1.165) is 11.1 Å². The number of aryl methyl sites for hydroxylation is 1. The first-order valence-electron chi connectivity index (χ1n) is 8.22. The Morgan fingerprint density at radius 3 is 2.74 bits per heavy atom. The lowest BCUT2D eigenvalue weighted by atomic mass is 10.1. The second-order valence-electron chi connectivity index (χ2n) is 6.25. The van der Waals surface area contributed by atoms with E-state index < -0.39 is 9.84 Å². The summed E-state index contributed by atoms with van der Waals surface area (Å²) < 4.78 is 30.5. The third kappa shape index (κ3) is 3.72. The van der Waals surface area contributed by atoms with Crippen LogP contribution < -0.4 is 10.1 Å². The average Bonchev–Trinajstić information content (AvgIpc) is 3.09. The van der Waals surface area contributed by atoms with E-state index in [4.69, 9.17) is 4.74 Å². The van der Waals surface area contributed by atoms with Crippen LogP contribution in [-0.4, -0.2) is 25.9 Å². The molecule has 27 heavy (non-hydrogen) atoms. The van der Waals surface area contributed by atoms with E-state index in [1.807, 2.05) is 18.4 Å². The number of nitrogens with one attached hydrogen (secondary N) is 1. The predicted octanol–water partition coefficient (Wildman–Crippen LogP) is 3.42. The Balaban J connectivity index is 1.58. The molecule has 0 saturated carbocycles. The number of amides is 1. The van der Waals surface area contributed by atoms with Gasteiger partial charge in [0.25, 0.3) is 5.91 Å². The van der Waals surface area contributed by atoms with Gasteiger partial charge < -0.3 is 10.1 Å². The number of benzene rings is 2. The molecule has 1 N–H and O–H groups in total. The molecule has 8 heteroatoms. The van der Waals surface area contributed by atoms with Gasteiger partial charge in [0.05, 0.1) is 16.3 Å². The minimum absolute atomic E-state index is 0.00403. The van der Waals surface area contributed by atoms with E-state index in [1.165, 1.54) is 11.3 Å². The highest BCUT2D eigenvalue weighted by Crippen LogP contribution is 2.33. The maximum Gasteiger partial charge on any atom is 0.262 e. The van der Waals surface area contributed by atoms with Crippen LogP contribution in [0, 0.1) is 6.92 Å². The van der Waals surface area contributed by atoms with E-state index in [9.17, 15) is 13.2 Å². The van der Waals surface area contributed by atoms with Crippen molar-refractivity contribution >= 4 is 32.8 Å². The van der Waals surface area contributed by atoms with Crippen molar-refractivity contribution in [1.82, 2.24) is 4.98 Å². The van der Waals surface area contributed by atoms with E-state index >= 15 is 0 Å². The van der Waals surface area contributed by atoms with Crippen molar-refractivity contribution in [2.75, 3.05) is 11.9 Å². The number of rotatable bonds is 4. The van der Waals surface area contributed by atoms with Crippen LogP contribution in [0.25, 0.3) is 11.3 Å². The molecule has 0 spiro atoms. The third-order valence-electron chi connectivity index (χ3n) is 4.15. The van der Waals surface area contributed by atoms with E-state index in [1.54, 1.807) is 36.4 Å². The summed E-state index contributed by atoms with van der Waals surface area (Å²) in [5, 5.41) is 5.09. The van der Waals surface area contributed by atoms with Gasteiger partial charge in [0.2, 0.25) is 0 Å². The highest BCUT2D eigenvalue weighted by atomic mass is 32.2. The number of aromatic nitrogens is 1. The highest BCUT2D eigenvalue weighted by Gasteiger charge is 2.19. The zero-order valence-corrected chi connectivity index (χ0v) is 16.1. The van der Waals surface area contributed by atoms with Crippen molar-refractivity contribution in [3.63, 3.8) is 0 Å². The van der Waals surface area contributed by atoms with Gasteiger partial charge in [-0.25, -0.2) is 13.4 Å². The lowest BCUT2D eigenvalue weighted by Crippen LogP contribution is -2.25. The number of hydrogen-bond donors (Lipinski definition) is 1. The minimum atomic E-state index is -3.45. The molecule has 4 rings (SSSR count). The molecule has 0 radical (unpaired) electrons. The summed E-state index contributed by atoms with van der Waals surface area (Å²) in [6.07, 6.45) is 0. The SMILES string of the molecule is Cc1ccc(S(=O)(=O)Cc2nc(-c3ccc4c(c3)NC(=O)CO4)cs2)cc1. The standard InChI is InChI=1S/C19H16N2O4S2/c1-12-2-5-14(6-3-12)27(23,24)11-19-21-16(10-26-19)13-4-7-17-15(8-13)20-18(22)9-25-17/h2-8,10H,9,11H2,1H3,(H,20,22). The Hall–Kier alpha value is -2.71. The monoisotopic (exact) mass is 400 g/mol. The Kier molecular flexibility index (Phi) is 4.45. The molecule has 0 saturated heterocycles. The summed E-state index contributed by atoms with van der Waals surface area (Å²) in [5.41, 5.74) is 3.05. The molecular formula is C19H16N2O4S2. The lowest BCUT2D eigenvalue weighted by molar-refractivity contribution is -0.118. The number of hydrogen-bond acceptors (Lipinski definition) is 6. The fraction of sp³-hybridized carbons (Fsp3) is 0.158. The number of carbonyl (C=O) groups excluding carboxylic acids is 1. The van der Waals surface area contributed by atoms with Crippen molar-refractivity contribution in [3.8, 4) is 17.0 Å². The number of fused-ring (bicyclic) bond motifs is 1. The minimum Gasteiger partial charge on any atom is -0.482 e. The van der Waals surface area contributed by atoms with Gasteiger partial charge in [-0.1, -0.05) is 17.7 Å². The fourth-order valence-electron chi connectivity index (χ4n) is 2.74. The number of thiazole rings is 1. The van der Waals surface area contributed by atoms with Gasteiger partial charge in [-0.15, -0.1) is 11.3 Å². The van der Waals surface area contributed by atoms with E-state index in [0.29, 0.717) is 27.0 Å². The topological polar surface area (TPSA) is 85.4 Å². The molecule has 1 aromatic heterocycles. The van der Waals surface area contributed by atoms with E-state index in [2.05, 4.69) is 10.3 Å². The predicted molar refractivity (Wildman–Crippen MR) is 104 cm³/mol. The zero-order valence-electron chi connectivity index (χ0n) is 14.4. The van der Waals surface area contributed by atoms with Crippen LogP contribution in [-0.2, 0) is 20.4 Å². The lowest BCUT2D eigenvalue weighted by Gasteiger charge is -2.18. The van der Waals surface area contributed by atoms with Crippen molar-refractivity contribution in [2.24, 2.45) is 0 Å². The Morgan fingerprint density at radius 2 is 1.96 bits per heavy atom. The Bertz CT molecular complexity index is 1120. The molecule has 0 aliphatic carbocycles. The summed E-state index contributed by atoms with van der Waals surface area (Å²) in [5.74, 6) is 0.254. The van der Waals surface area contributed by atoms with Crippen LogP contribution in [0.4, 0.5) is 5.69 Å². The molecule has 2 heterocycles. The van der Waals surface area contributed by atoms with Crippen molar-refractivity contribution in [2.45, 2.75) is 17.6 Å². The summed E-state index contributed by atoms with van der Waals surface area (Å²) >= 11 is 1.30. The zero-order chi connectivity index (χ0) is 19.0. The first-order valence-corrected chi connectivity index (χ1v) is 10.7. The van der Waals surface area contributed by atoms with Gasteiger partial charge >= 0.3 is 0 Å². The summed E-state index contributed by atoms with van der Waals surface area (Å²) in [4.78, 5) is 16.2. The molecular weight excluding hydrogens is 384 g/mol. The average molecular weight is 400 g/mol. The molecule has 0 atom stereocenters. The van der Waals surface area contributed by atoms with Crippen LogP contribution in [0.2, 0.25) is 0 Å². The van der Waals surface area contributed by atoms with Crippen LogP contribution in [0.1, 0.15) is 10.6 Å².